The Morgan fingerprint density at radius 2 is 1.94 bits per heavy atom. The van der Waals surface area contributed by atoms with Gasteiger partial charge in [-0.3, -0.25) is 15.0 Å². The summed E-state index contributed by atoms with van der Waals surface area (Å²) in [4.78, 5) is 37.0. The molecule has 9 heteroatoms. The summed E-state index contributed by atoms with van der Waals surface area (Å²) in [7, 11) is 1.64. The molecule has 0 spiro atoms. The zero-order valence-electron chi connectivity index (χ0n) is 17.5. The van der Waals surface area contributed by atoms with Gasteiger partial charge in [0.05, 0.1) is 17.4 Å². The van der Waals surface area contributed by atoms with Crippen molar-refractivity contribution in [1.82, 2.24) is 15.0 Å². The number of ether oxygens (including phenoxy) is 1. The fourth-order valence-corrected chi connectivity index (χ4v) is 5.41. The van der Waals surface area contributed by atoms with Crippen molar-refractivity contribution in [3.8, 4) is 26.9 Å². The van der Waals surface area contributed by atoms with Crippen LogP contribution in [0.15, 0.2) is 53.4 Å². The second-order valence-corrected chi connectivity index (χ2v) is 9.21. The van der Waals surface area contributed by atoms with Gasteiger partial charge >= 0.3 is 0 Å². The third-order valence-electron chi connectivity index (χ3n) is 5.18. The summed E-state index contributed by atoms with van der Waals surface area (Å²) in [6.45, 7) is 3.61. The van der Waals surface area contributed by atoms with Gasteiger partial charge in [-0.05, 0) is 48.6 Å². The average Bonchev–Trinajstić information content (AvgIpc) is 3.50. The molecule has 32 heavy (non-hydrogen) atoms. The number of fused-ring (bicyclic) bond motifs is 1. The Hall–Kier alpha value is -3.56. The molecule has 0 atom stereocenters. The van der Waals surface area contributed by atoms with Gasteiger partial charge in [0.15, 0.2) is 11.6 Å². The van der Waals surface area contributed by atoms with Crippen LogP contribution in [0.25, 0.3) is 31.4 Å². The Bertz CT molecular complexity index is 1410. The van der Waals surface area contributed by atoms with Crippen LogP contribution >= 0.6 is 22.7 Å². The molecule has 0 radical (unpaired) electrons. The third kappa shape index (κ3) is 3.35. The molecule has 0 saturated heterocycles. The van der Waals surface area contributed by atoms with E-state index in [9.17, 15) is 9.59 Å². The largest absolute Gasteiger partial charge is 0.497 e. The van der Waals surface area contributed by atoms with Crippen LogP contribution in [0.1, 0.15) is 12.5 Å². The molecule has 1 aliphatic heterocycles. The fourth-order valence-electron chi connectivity index (χ4n) is 3.58. The highest BCUT2D eigenvalue weighted by Gasteiger charge is 2.30. The van der Waals surface area contributed by atoms with Crippen LogP contribution in [0.3, 0.4) is 0 Å². The second-order valence-electron chi connectivity index (χ2n) is 7.26. The smallest absolute Gasteiger partial charge is 0.275 e. The number of amides is 2. The van der Waals surface area contributed by atoms with Gasteiger partial charge in [0.1, 0.15) is 10.6 Å². The highest BCUT2D eigenvalue weighted by atomic mass is 32.1. The van der Waals surface area contributed by atoms with E-state index >= 15 is 0 Å². The third-order valence-corrected chi connectivity index (χ3v) is 7.28. The minimum atomic E-state index is -0.419. The van der Waals surface area contributed by atoms with Gasteiger partial charge in [0.2, 0.25) is 0 Å². The number of carbonyl (C=O) groups is 2. The number of anilines is 1. The van der Waals surface area contributed by atoms with Gasteiger partial charge in [-0.15, -0.1) is 22.7 Å². The number of carbonyl (C=O) groups excluding carboxylic acids is 2. The van der Waals surface area contributed by atoms with Crippen molar-refractivity contribution < 1.29 is 14.3 Å². The first-order valence-corrected chi connectivity index (χ1v) is 11.5. The first kappa shape index (κ1) is 20.3. The SMILES string of the molecule is COc1cccc(-c2sc3nc(-c4cccs4)nc(NN4C(=O)C=C(C)C4=O)c3c2C)c1. The molecule has 7 nitrogen and oxygen atoms in total. The van der Waals surface area contributed by atoms with Gasteiger partial charge in [-0.2, -0.15) is 5.01 Å². The van der Waals surface area contributed by atoms with Crippen molar-refractivity contribution >= 4 is 50.5 Å². The number of nitrogens with one attached hydrogen (secondary N) is 1. The topological polar surface area (TPSA) is 84.4 Å². The molecule has 4 heterocycles. The Balaban J connectivity index is 1.69. The predicted octanol–water partition coefficient (Wildman–Crippen LogP) is 5.05. The Kier molecular flexibility index (Phi) is 4.99. The molecule has 1 aromatic carbocycles. The number of hydrazine groups is 1. The summed E-state index contributed by atoms with van der Waals surface area (Å²) in [5.41, 5.74) is 5.30. The fraction of sp³-hybridized carbons (Fsp3) is 0.130. The number of aromatic nitrogens is 2. The van der Waals surface area contributed by atoms with E-state index in [1.54, 1.807) is 14.0 Å². The summed E-state index contributed by atoms with van der Waals surface area (Å²) in [5, 5.41) is 3.73. The van der Waals surface area contributed by atoms with Crippen molar-refractivity contribution in [2.45, 2.75) is 13.8 Å². The highest BCUT2D eigenvalue weighted by molar-refractivity contribution is 7.22. The minimum Gasteiger partial charge on any atom is -0.497 e. The zero-order chi connectivity index (χ0) is 22.4. The molecule has 160 valence electrons. The van der Waals surface area contributed by atoms with E-state index in [0.717, 1.165) is 41.9 Å². The van der Waals surface area contributed by atoms with E-state index in [-0.39, 0.29) is 5.91 Å². The lowest BCUT2D eigenvalue weighted by Gasteiger charge is -2.17. The maximum atomic E-state index is 12.5. The van der Waals surface area contributed by atoms with Gasteiger partial charge in [-0.25, -0.2) is 9.97 Å². The number of hydrogen-bond donors (Lipinski definition) is 1. The quantitative estimate of drug-likeness (QED) is 0.418. The van der Waals surface area contributed by atoms with Crippen molar-refractivity contribution in [2.24, 2.45) is 0 Å². The number of aryl methyl sites for hydroxylation is 1. The van der Waals surface area contributed by atoms with E-state index in [0.29, 0.717) is 17.2 Å². The predicted molar refractivity (Wildman–Crippen MR) is 127 cm³/mol. The van der Waals surface area contributed by atoms with Crippen molar-refractivity contribution in [3.63, 3.8) is 0 Å². The summed E-state index contributed by atoms with van der Waals surface area (Å²) in [5.74, 6) is 0.916. The molecule has 4 aromatic rings. The van der Waals surface area contributed by atoms with Crippen LogP contribution in [0.2, 0.25) is 0 Å². The van der Waals surface area contributed by atoms with E-state index in [4.69, 9.17) is 14.7 Å². The maximum absolute atomic E-state index is 12.5. The number of thiophene rings is 2. The number of rotatable bonds is 5. The standard InChI is InChI=1S/C23H18N4O3S2/c1-12-10-17(28)27(23(12)29)26-21-18-13(2)19(14-6-4-7-15(11-14)30-3)32-22(18)25-20(24-21)16-8-5-9-31-16/h4-11H,1-3H3,(H,24,25,26). The van der Waals surface area contributed by atoms with Gasteiger partial charge in [0, 0.05) is 16.5 Å². The van der Waals surface area contributed by atoms with Gasteiger partial charge in [0.25, 0.3) is 11.8 Å². The molecular formula is C23H18N4O3S2. The Labute approximate surface area is 192 Å². The molecule has 0 fully saturated rings. The number of nitrogens with zero attached hydrogens (tertiary/aromatic N) is 3. The molecule has 0 unspecified atom stereocenters. The van der Waals surface area contributed by atoms with Crippen molar-refractivity contribution in [2.75, 3.05) is 12.5 Å². The first-order chi connectivity index (χ1) is 15.5. The van der Waals surface area contributed by atoms with Crippen molar-refractivity contribution in [1.29, 1.82) is 0 Å². The molecule has 1 N–H and O–H groups in total. The summed E-state index contributed by atoms with van der Waals surface area (Å²) in [6.07, 6.45) is 1.32. The molecule has 0 bridgehead atoms. The molecule has 2 amide bonds. The van der Waals surface area contributed by atoms with E-state index in [2.05, 4.69) is 5.43 Å². The molecular weight excluding hydrogens is 444 g/mol. The van der Waals surface area contributed by atoms with Crippen LogP contribution in [0, 0.1) is 6.92 Å². The number of imide groups is 1. The number of benzene rings is 1. The summed E-state index contributed by atoms with van der Waals surface area (Å²) >= 11 is 3.07. The van der Waals surface area contributed by atoms with Crippen LogP contribution in [-0.4, -0.2) is 33.9 Å². The van der Waals surface area contributed by atoms with Crippen molar-refractivity contribution in [3.05, 3.63) is 59.0 Å². The van der Waals surface area contributed by atoms with E-state index in [1.165, 1.54) is 28.7 Å². The van der Waals surface area contributed by atoms with Gasteiger partial charge in [-0.1, -0.05) is 18.2 Å². The lowest BCUT2D eigenvalue weighted by atomic mass is 10.1. The van der Waals surface area contributed by atoms with Crippen LogP contribution < -0.4 is 10.2 Å². The normalized spacial score (nSPS) is 13.7. The number of hydrogen-bond acceptors (Lipinski definition) is 8. The lowest BCUT2D eigenvalue weighted by molar-refractivity contribution is -0.135. The summed E-state index contributed by atoms with van der Waals surface area (Å²) < 4.78 is 5.38. The molecule has 5 rings (SSSR count). The average molecular weight is 463 g/mol. The maximum Gasteiger partial charge on any atom is 0.275 e. The van der Waals surface area contributed by atoms with Gasteiger partial charge < -0.3 is 4.74 Å². The zero-order valence-corrected chi connectivity index (χ0v) is 19.1. The van der Waals surface area contributed by atoms with Crippen LogP contribution in [0.4, 0.5) is 5.82 Å². The molecule has 1 aliphatic rings. The van der Waals surface area contributed by atoms with E-state index in [1.807, 2.05) is 48.7 Å². The monoisotopic (exact) mass is 462 g/mol. The molecule has 3 aromatic heterocycles. The molecule has 0 saturated carbocycles. The minimum absolute atomic E-state index is 0.380. The summed E-state index contributed by atoms with van der Waals surface area (Å²) in [6, 6.07) is 11.7. The van der Waals surface area contributed by atoms with Crippen LogP contribution in [0.5, 0.6) is 5.75 Å². The second kappa shape index (κ2) is 7.85. The molecule has 0 aliphatic carbocycles. The highest BCUT2D eigenvalue weighted by Crippen LogP contribution is 2.42. The van der Waals surface area contributed by atoms with E-state index < -0.39 is 5.91 Å². The van der Waals surface area contributed by atoms with Crippen LogP contribution in [-0.2, 0) is 9.59 Å². The number of methoxy groups -OCH3 is 1. The Morgan fingerprint density at radius 1 is 1.09 bits per heavy atom. The lowest BCUT2D eigenvalue weighted by Crippen LogP contribution is -2.36. The Morgan fingerprint density at radius 3 is 2.62 bits per heavy atom. The first-order valence-electron chi connectivity index (χ1n) is 9.79.